The summed E-state index contributed by atoms with van der Waals surface area (Å²) in [6, 6.07) is 12.5. The first kappa shape index (κ1) is 15.7. The first-order valence-electron chi connectivity index (χ1n) is 7.41. The second-order valence-electron chi connectivity index (χ2n) is 5.32. The molecule has 0 atom stereocenters. The highest BCUT2D eigenvalue weighted by Crippen LogP contribution is 2.21. The predicted molar refractivity (Wildman–Crippen MR) is 88.9 cm³/mol. The van der Waals surface area contributed by atoms with E-state index in [0.29, 0.717) is 28.1 Å². The third-order valence-corrected chi connectivity index (χ3v) is 3.79. The van der Waals surface area contributed by atoms with Crippen molar-refractivity contribution in [2.75, 3.05) is 12.4 Å². The average Bonchev–Trinajstić information content (AvgIpc) is 2.99. The molecule has 1 amide bonds. The van der Waals surface area contributed by atoms with E-state index in [9.17, 15) is 9.59 Å². The third-order valence-electron chi connectivity index (χ3n) is 3.79. The number of fused-ring (bicyclic) bond motifs is 1. The van der Waals surface area contributed by atoms with Crippen molar-refractivity contribution in [3.63, 3.8) is 0 Å². The lowest BCUT2D eigenvalue weighted by Gasteiger charge is -2.11. The van der Waals surface area contributed by atoms with E-state index in [1.807, 2.05) is 18.2 Å². The van der Waals surface area contributed by atoms with Gasteiger partial charge in [-0.15, -0.1) is 0 Å². The van der Waals surface area contributed by atoms with Crippen LogP contribution in [0.5, 0.6) is 0 Å². The molecule has 24 heavy (non-hydrogen) atoms. The summed E-state index contributed by atoms with van der Waals surface area (Å²) in [6.07, 6.45) is 0.0822. The molecular formula is C18H16N2O4. The summed E-state index contributed by atoms with van der Waals surface area (Å²) >= 11 is 0. The molecule has 0 saturated carbocycles. The largest absolute Gasteiger partial charge is 0.465 e. The van der Waals surface area contributed by atoms with Crippen molar-refractivity contribution in [2.45, 2.75) is 13.3 Å². The van der Waals surface area contributed by atoms with Crippen LogP contribution >= 0.6 is 0 Å². The van der Waals surface area contributed by atoms with Crippen LogP contribution in [0.1, 0.15) is 21.6 Å². The van der Waals surface area contributed by atoms with Crippen molar-refractivity contribution >= 4 is 28.5 Å². The minimum Gasteiger partial charge on any atom is -0.465 e. The number of nitrogens with one attached hydrogen (secondary N) is 1. The number of methoxy groups -OCH3 is 1. The van der Waals surface area contributed by atoms with Gasteiger partial charge in [-0.05, 0) is 36.8 Å². The number of anilines is 1. The highest BCUT2D eigenvalue weighted by molar-refractivity contribution is 5.98. The Hall–Kier alpha value is -3.15. The van der Waals surface area contributed by atoms with E-state index in [-0.39, 0.29) is 12.3 Å². The minimum absolute atomic E-state index is 0.0822. The van der Waals surface area contributed by atoms with Gasteiger partial charge in [-0.3, -0.25) is 4.79 Å². The average molecular weight is 324 g/mol. The lowest BCUT2D eigenvalue weighted by Crippen LogP contribution is -2.16. The van der Waals surface area contributed by atoms with E-state index in [1.165, 1.54) is 7.11 Å². The highest BCUT2D eigenvalue weighted by Gasteiger charge is 2.15. The molecule has 0 fully saturated rings. The molecule has 1 heterocycles. The standard InChI is InChI=1S/C18H16N2O4/c1-11-12(18(22)23-2)7-5-8-14(11)19-17(21)10-15-13-6-3-4-9-16(13)24-20-15/h3-9H,10H2,1-2H3,(H,19,21). The maximum Gasteiger partial charge on any atom is 0.338 e. The third kappa shape index (κ3) is 2.99. The topological polar surface area (TPSA) is 81.4 Å². The summed E-state index contributed by atoms with van der Waals surface area (Å²) < 4.78 is 9.93. The fourth-order valence-electron chi connectivity index (χ4n) is 2.51. The van der Waals surface area contributed by atoms with E-state index < -0.39 is 5.97 Å². The summed E-state index contributed by atoms with van der Waals surface area (Å²) in [5.74, 6) is -0.676. The number of esters is 1. The van der Waals surface area contributed by atoms with Crippen molar-refractivity contribution in [2.24, 2.45) is 0 Å². The Morgan fingerprint density at radius 1 is 1.17 bits per heavy atom. The lowest BCUT2D eigenvalue weighted by molar-refractivity contribution is -0.115. The quantitative estimate of drug-likeness (QED) is 0.746. The van der Waals surface area contributed by atoms with E-state index in [0.717, 1.165) is 5.39 Å². The number of rotatable bonds is 4. The normalized spacial score (nSPS) is 10.6. The molecule has 0 saturated heterocycles. The van der Waals surface area contributed by atoms with Crippen LogP contribution in [-0.4, -0.2) is 24.1 Å². The van der Waals surface area contributed by atoms with Gasteiger partial charge < -0.3 is 14.6 Å². The van der Waals surface area contributed by atoms with Gasteiger partial charge in [0.1, 0.15) is 5.69 Å². The number of ether oxygens (including phenoxy) is 1. The molecule has 2 aromatic carbocycles. The maximum absolute atomic E-state index is 12.3. The van der Waals surface area contributed by atoms with Crippen molar-refractivity contribution in [3.8, 4) is 0 Å². The molecule has 122 valence electrons. The van der Waals surface area contributed by atoms with Gasteiger partial charge in [0.2, 0.25) is 5.91 Å². The Kier molecular flexibility index (Phi) is 4.29. The summed E-state index contributed by atoms with van der Waals surface area (Å²) in [5.41, 5.74) is 2.86. The Balaban J connectivity index is 1.79. The fraction of sp³-hybridized carbons (Fsp3) is 0.167. The Labute approximate surface area is 138 Å². The van der Waals surface area contributed by atoms with Crippen LogP contribution in [0.2, 0.25) is 0 Å². The van der Waals surface area contributed by atoms with Crippen LogP contribution in [0.15, 0.2) is 47.0 Å². The SMILES string of the molecule is COC(=O)c1cccc(NC(=O)Cc2noc3ccccc23)c1C. The van der Waals surface area contributed by atoms with Gasteiger partial charge in [-0.2, -0.15) is 0 Å². The number of carbonyl (C=O) groups is 2. The Bertz CT molecular complexity index is 914. The molecule has 0 spiro atoms. The second kappa shape index (κ2) is 6.54. The van der Waals surface area contributed by atoms with Crippen molar-refractivity contribution in [1.29, 1.82) is 0 Å². The first-order chi connectivity index (χ1) is 11.6. The zero-order valence-corrected chi connectivity index (χ0v) is 13.3. The van der Waals surface area contributed by atoms with Gasteiger partial charge in [0, 0.05) is 11.1 Å². The number of aromatic nitrogens is 1. The number of amides is 1. The molecule has 3 aromatic rings. The molecule has 3 rings (SSSR count). The molecular weight excluding hydrogens is 308 g/mol. The van der Waals surface area contributed by atoms with Gasteiger partial charge in [-0.25, -0.2) is 4.79 Å². The van der Waals surface area contributed by atoms with Gasteiger partial charge in [-0.1, -0.05) is 23.4 Å². The molecule has 0 aliphatic rings. The van der Waals surface area contributed by atoms with E-state index >= 15 is 0 Å². The maximum atomic E-state index is 12.3. The molecule has 0 unspecified atom stereocenters. The summed E-state index contributed by atoms with van der Waals surface area (Å²) in [5, 5.41) is 7.57. The number of para-hydroxylation sites is 1. The van der Waals surface area contributed by atoms with Gasteiger partial charge in [0.05, 0.1) is 19.1 Å². The van der Waals surface area contributed by atoms with E-state index in [2.05, 4.69) is 10.5 Å². The summed E-state index contributed by atoms with van der Waals surface area (Å²) in [7, 11) is 1.32. The van der Waals surface area contributed by atoms with Crippen LogP contribution in [-0.2, 0) is 16.0 Å². The molecule has 6 nitrogen and oxygen atoms in total. The number of benzene rings is 2. The number of hydrogen-bond acceptors (Lipinski definition) is 5. The molecule has 1 N–H and O–H groups in total. The Morgan fingerprint density at radius 3 is 2.75 bits per heavy atom. The minimum atomic E-state index is -0.439. The molecule has 0 bridgehead atoms. The van der Waals surface area contributed by atoms with E-state index in [1.54, 1.807) is 31.2 Å². The van der Waals surface area contributed by atoms with Crippen LogP contribution in [0.3, 0.4) is 0 Å². The smallest absolute Gasteiger partial charge is 0.338 e. The van der Waals surface area contributed by atoms with Crippen molar-refractivity contribution in [3.05, 3.63) is 59.3 Å². The van der Waals surface area contributed by atoms with Gasteiger partial charge >= 0.3 is 5.97 Å². The lowest BCUT2D eigenvalue weighted by atomic mass is 10.1. The van der Waals surface area contributed by atoms with Crippen molar-refractivity contribution < 1.29 is 18.8 Å². The predicted octanol–water partition coefficient (Wildman–Crippen LogP) is 3.10. The second-order valence-corrected chi connectivity index (χ2v) is 5.32. The monoisotopic (exact) mass is 324 g/mol. The van der Waals surface area contributed by atoms with Gasteiger partial charge in [0.15, 0.2) is 5.58 Å². The molecule has 6 heteroatoms. The molecule has 0 aliphatic heterocycles. The zero-order chi connectivity index (χ0) is 17.1. The van der Waals surface area contributed by atoms with Crippen molar-refractivity contribution in [1.82, 2.24) is 5.16 Å². The number of carbonyl (C=O) groups excluding carboxylic acids is 2. The molecule has 0 aliphatic carbocycles. The molecule has 0 radical (unpaired) electrons. The Morgan fingerprint density at radius 2 is 1.96 bits per heavy atom. The fourth-order valence-corrected chi connectivity index (χ4v) is 2.51. The van der Waals surface area contributed by atoms with Crippen LogP contribution < -0.4 is 5.32 Å². The molecule has 1 aromatic heterocycles. The van der Waals surface area contributed by atoms with Crippen LogP contribution in [0.4, 0.5) is 5.69 Å². The van der Waals surface area contributed by atoms with Crippen LogP contribution in [0, 0.1) is 6.92 Å². The van der Waals surface area contributed by atoms with E-state index in [4.69, 9.17) is 9.26 Å². The highest BCUT2D eigenvalue weighted by atomic mass is 16.5. The van der Waals surface area contributed by atoms with Gasteiger partial charge in [0.25, 0.3) is 0 Å². The number of nitrogens with zero attached hydrogens (tertiary/aromatic N) is 1. The van der Waals surface area contributed by atoms with Crippen LogP contribution in [0.25, 0.3) is 11.0 Å². The summed E-state index contributed by atoms with van der Waals surface area (Å²) in [4.78, 5) is 24.0. The summed E-state index contributed by atoms with van der Waals surface area (Å²) in [6.45, 7) is 1.76. The first-order valence-corrected chi connectivity index (χ1v) is 7.41. The zero-order valence-electron chi connectivity index (χ0n) is 13.3. The number of hydrogen-bond donors (Lipinski definition) is 1.